The molecular weight excluding hydrogens is 184 g/mol. The Morgan fingerprint density at radius 3 is 2.36 bits per heavy atom. The van der Waals surface area contributed by atoms with Crippen LogP contribution >= 0.6 is 0 Å². The van der Waals surface area contributed by atoms with Crippen molar-refractivity contribution in [2.24, 2.45) is 0 Å². The van der Waals surface area contributed by atoms with Gasteiger partial charge in [0, 0.05) is 0 Å². The Balaban J connectivity index is 3.50. The summed E-state index contributed by atoms with van der Waals surface area (Å²) in [5.74, 6) is -0.821. The van der Waals surface area contributed by atoms with Crippen LogP contribution in [0.1, 0.15) is 28.4 Å². The van der Waals surface area contributed by atoms with Gasteiger partial charge in [-0.1, -0.05) is 0 Å². The van der Waals surface area contributed by atoms with E-state index in [1.54, 1.807) is 6.92 Å². The first-order valence-electron chi connectivity index (χ1n) is 4.15. The van der Waals surface area contributed by atoms with Gasteiger partial charge in [-0.25, -0.2) is 0 Å². The van der Waals surface area contributed by atoms with Gasteiger partial charge in [0.05, 0.1) is 17.7 Å². The van der Waals surface area contributed by atoms with Crippen molar-refractivity contribution < 1.29 is 20.1 Å². The summed E-state index contributed by atoms with van der Waals surface area (Å²) in [6.45, 7) is 2.41. The van der Waals surface area contributed by atoms with E-state index in [1.165, 1.54) is 13.0 Å². The molecule has 0 unspecified atom stereocenters. The number of aliphatic hydroxyl groups is 1. The standard InChI is InChI=1S/C10H12O4/c1-5-3-7(6(2)12)10(14)8(4-11)9(5)13/h3,11,13-14H,4H2,1-2H3. The normalized spacial score (nSPS) is 10.2. The highest BCUT2D eigenvalue weighted by Gasteiger charge is 2.16. The fourth-order valence-corrected chi connectivity index (χ4v) is 1.28. The number of aliphatic hydroxyl groups excluding tert-OH is 1. The molecule has 0 heterocycles. The van der Waals surface area contributed by atoms with E-state index in [2.05, 4.69) is 0 Å². The Hall–Kier alpha value is -1.55. The average Bonchev–Trinajstić information content (AvgIpc) is 2.12. The van der Waals surface area contributed by atoms with Gasteiger partial charge in [-0.3, -0.25) is 4.79 Å². The molecule has 4 heteroatoms. The molecule has 0 aromatic heterocycles. The predicted molar refractivity (Wildman–Crippen MR) is 50.4 cm³/mol. The van der Waals surface area contributed by atoms with Gasteiger partial charge < -0.3 is 15.3 Å². The van der Waals surface area contributed by atoms with Crippen LogP contribution in [-0.4, -0.2) is 21.1 Å². The number of hydrogen-bond acceptors (Lipinski definition) is 4. The van der Waals surface area contributed by atoms with Crippen LogP contribution in [0.15, 0.2) is 6.07 Å². The highest BCUT2D eigenvalue weighted by Crippen LogP contribution is 2.33. The third kappa shape index (κ3) is 1.56. The zero-order valence-corrected chi connectivity index (χ0v) is 8.03. The fraction of sp³-hybridized carbons (Fsp3) is 0.300. The lowest BCUT2D eigenvalue weighted by molar-refractivity contribution is 0.101. The summed E-state index contributed by atoms with van der Waals surface area (Å²) in [5.41, 5.74) is 0.566. The quantitative estimate of drug-likeness (QED) is 0.619. The molecule has 0 atom stereocenters. The molecule has 3 N–H and O–H groups in total. The maximum absolute atomic E-state index is 11.1. The van der Waals surface area contributed by atoms with Gasteiger partial charge in [0.2, 0.25) is 0 Å². The Bertz CT molecular complexity index is 382. The van der Waals surface area contributed by atoms with Crippen molar-refractivity contribution in [3.05, 3.63) is 22.8 Å². The third-order valence-corrected chi connectivity index (χ3v) is 2.10. The number of Topliss-reactive ketones (excluding diaryl/α,β-unsaturated/α-hetero) is 1. The van der Waals surface area contributed by atoms with Crippen LogP contribution in [-0.2, 0) is 6.61 Å². The van der Waals surface area contributed by atoms with E-state index in [9.17, 15) is 15.0 Å². The number of ketones is 1. The SMILES string of the molecule is CC(=O)c1cc(C)c(O)c(CO)c1O. The maximum Gasteiger partial charge on any atom is 0.163 e. The van der Waals surface area contributed by atoms with E-state index in [0.717, 1.165) is 0 Å². The third-order valence-electron chi connectivity index (χ3n) is 2.10. The number of aryl methyl sites for hydroxylation is 1. The molecule has 0 amide bonds. The number of phenols is 2. The molecule has 0 saturated carbocycles. The maximum atomic E-state index is 11.1. The van der Waals surface area contributed by atoms with Crippen LogP contribution in [0.5, 0.6) is 11.5 Å². The van der Waals surface area contributed by atoms with E-state index in [-0.39, 0.29) is 28.4 Å². The van der Waals surface area contributed by atoms with E-state index in [0.29, 0.717) is 5.56 Å². The summed E-state index contributed by atoms with van der Waals surface area (Å²) >= 11 is 0. The molecule has 1 aromatic carbocycles. The van der Waals surface area contributed by atoms with Gasteiger partial charge in [-0.15, -0.1) is 0 Å². The van der Waals surface area contributed by atoms with Gasteiger partial charge in [0.1, 0.15) is 11.5 Å². The monoisotopic (exact) mass is 196 g/mol. The topological polar surface area (TPSA) is 77.8 Å². The fourth-order valence-electron chi connectivity index (χ4n) is 1.28. The predicted octanol–water partition coefficient (Wildman–Crippen LogP) is 1.10. The van der Waals surface area contributed by atoms with E-state index in [1.807, 2.05) is 0 Å². The Morgan fingerprint density at radius 2 is 1.93 bits per heavy atom. The lowest BCUT2D eigenvalue weighted by atomic mass is 10.0. The zero-order valence-electron chi connectivity index (χ0n) is 8.03. The number of hydrogen-bond donors (Lipinski definition) is 3. The first kappa shape index (κ1) is 10.5. The summed E-state index contributed by atoms with van der Waals surface area (Å²) < 4.78 is 0. The number of carbonyl (C=O) groups excluding carboxylic acids is 1. The van der Waals surface area contributed by atoms with Crippen molar-refractivity contribution in [1.29, 1.82) is 0 Å². The minimum absolute atomic E-state index is 0.00444. The summed E-state index contributed by atoms with van der Waals surface area (Å²) in [6.07, 6.45) is 0. The molecular formula is C10H12O4. The van der Waals surface area contributed by atoms with Crippen LogP contribution in [0.4, 0.5) is 0 Å². The number of carbonyl (C=O) groups is 1. The number of aromatic hydroxyl groups is 2. The number of benzene rings is 1. The molecule has 0 aliphatic heterocycles. The van der Waals surface area contributed by atoms with E-state index < -0.39 is 6.61 Å². The van der Waals surface area contributed by atoms with Gasteiger partial charge in [-0.2, -0.15) is 0 Å². The summed E-state index contributed by atoms with van der Waals surface area (Å²) in [4.78, 5) is 11.1. The minimum Gasteiger partial charge on any atom is -0.507 e. The van der Waals surface area contributed by atoms with Crippen LogP contribution in [0.25, 0.3) is 0 Å². The van der Waals surface area contributed by atoms with Crippen LogP contribution in [0, 0.1) is 6.92 Å². The second kappa shape index (κ2) is 3.67. The summed E-state index contributed by atoms with van der Waals surface area (Å²) in [7, 11) is 0. The highest BCUT2D eigenvalue weighted by atomic mass is 16.3. The molecule has 0 radical (unpaired) electrons. The van der Waals surface area contributed by atoms with Gasteiger partial charge in [-0.05, 0) is 25.5 Å². The molecule has 0 saturated heterocycles. The zero-order chi connectivity index (χ0) is 10.9. The van der Waals surface area contributed by atoms with Gasteiger partial charge in [0.15, 0.2) is 5.78 Å². The summed E-state index contributed by atoms with van der Waals surface area (Å²) in [5, 5.41) is 27.9. The van der Waals surface area contributed by atoms with Crippen molar-refractivity contribution >= 4 is 5.78 Å². The van der Waals surface area contributed by atoms with Crippen molar-refractivity contribution in [3.8, 4) is 11.5 Å². The largest absolute Gasteiger partial charge is 0.507 e. The van der Waals surface area contributed by atoms with E-state index >= 15 is 0 Å². The second-order valence-corrected chi connectivity index (χ2v) is 3.13. The van der Waals surface area contributed by atoms with Crippen molar-refractivity contribution in [2.75, 3.05) is 0 Å². The molecule has 1 rings (SSSR count). The molecule has 76 valence electrons. The lowest BCUT2D eigenvalue weighted by Gasteiger charge is -2.10. The molecule has 0 bridgehead atoms. The first-order valence-corrected chi connectivity index (χ1v) is 4.15. The minimum atomic E-state index is -0.500. The highest BCUT2D eigenvalue weighted by molar-refractivity contribution is 5.97. The first-order chi connectivity index (χ1) is 6.49. The Labute approximate surface area is 81.4 Å². The molecule has 0 aliphatic carbocycles. The summed E-state index contributed by atoms with van der Waals surface area (Å²) in [6, 6.07) is 1.40. The molecule has 4 nitrogen and oxygen atoms in total. The van der Waals surface area contributed by atoms with Crippen molar-refractivity contribution in [3.63, 3.8) is 0 Å². The van der Waals surface area contributed by atoms with Crippen LogP contribution in [0.3, 0.4) is 0 Å². The Kier molecular flexibility index (Phi) is 2.76. The van der Waals surface area contributed by atoms with Crippen LogP contribution in [0.2, 0.25) is 0 Å². The average molecular weight is 196 g/mol. The lowest BCUT2D eigenvalue weighted by Crippen LogP contribution is -1.98. The smallest absolute Gasteiger partial charge is 0.163 e. The molecule has 0 spiro atoms. The van der Waals surface area contributed by atoms with Gasteiger partial charge in [0.25, 0.3) is 0 Å². The van der Waals surface area contributed by atoms with E-state index in [4.69, 9.17) is 5.11 Å². The van der Waals surface area contributed by atoms with Crippen molar-refractivity contribution in [2.45, 2.75) is 20.5 Å². The van der Waals surface area contributed by atoms with Crippen LogP contribution < -0.4 is 0 Å². The van der Waals surface area contributed by atoms with Crippen molar-refractivity contribution in [1.82, 2.24) is 0 Å². The van der Waals surface area contributed by atoms with Gasteiger partial charge >= 0.3 is 0 Å². The Morgan fingerprint density at radius 1 is 1.36 bits per heavy atom. The number of rotatable bonds is 2. The molecule has 0 fully saturated rings. The second-order valence-electron chi connectivity index (χ2n) is 3.13. The molecule has 14 heavy (non-hydrogen) atoms. The molecule has 1 aromatic rings. The molecule has 0 aliphatic rings.